The molecule has 1 fully saturated rings. The van der Waals surface area contributed by atoms with Crippen LogP contribution in [0, 0.1) is 16.7 Å². The number of carbonyl (C=O) groups is 1. The van der Waals surface area contributed by atoms with Gasteiger partial charge < -0.3 is 5.32 Å². The molecule has 0 atom stereocenters. The molecule has 88 valence electrons. The summed E-state index contributed by atoms with van der Waals surface area (Å²) in [6, 6.07) is 11.4. The second-order valence-electron chi connectivity index (χ2n) is 4.52. The van der Waals surface area contributed by atoms with Gasteiger partial charge >= 0.3 is 0 Å². The van der Waals surface area contributed by atoms with E-state index in [2.05, 4.69) is 16.4 Å². The van der Waals surface area contributed by atoms with Crippen LogP contribution in [0.2, 0.25) is 0 Å². The molecule has 3 rings (SSSR count). The molecule has 1 aromatic carbocycles. The Bertz CT molecular complexity index is 663. The van der Waals surface area contributed by atoms with E-state index < -0.39 is 5.41 Å². The third-order valence-electron chi connectivity index (χ3n) is 3.29. The first-order valence-corrected chi connectivity index (χ1v) is 5.82. The van der Waals surface area contributed by atoms with Gasteiger partial charge in [0.25, 0.3) is 0 Å². The summed E-state index contributed by atoms with van der Waals surface area (Å²) in [6.07, 6.45) is 3.02. The van der Waals surface area contributed by atoms with Crippen molar-refractivity contribution in [1.82, 2.24) is 4.98 Å². The average Bonchev–Trinajstić information content (AvgIpc) is 3.20. The number of amides is 1. The number of carbonyl (C=O) groups excluding carboxylic acids is 1. The van der Waals surface area contributed by atoms with Crippen molar-refractivity contribution in [2.75, 3.05) is 5.32 Å². The largest absolute Gasteiger partial charge is 0.324 e. The van der Waals surface area contributed by atoms with E-state index in [1.54, 1.807) is 6.20 Å². The highest BCUT2D eigenvalue weighted by Gasteiger charge is 2.50. The average molecular weight is 237 g/mol. The summed E-state index contributed by atoms with van der Waals surface area (Å²) >= 11 is 0. The number of hydrogen-bond donors (Lipinski definition) is 1. The van der Waals surface area contributed by atoms with Crippen molar-refractivity contribution in [1.29, 1.82) is 5.26 Å². The molecule has 0 spiro atoms. The summed E-state index contributed by atoms with van der Waals surface area (Å²) in [7, 11) is 0. The van der Waals surface area contributed by atoms with Crippen LogP contribution < -0.4 is 5.32 Å². The van der Waals surface area contributed by atoms with Gasteiger partial charge in [-0.3, -0.25) is 9.78 Å². The number of fused-ring (bicyclic) bond motifs is 1. The maximum atomic E-state index is 12.0. The van der Waals surface area contributed by atoms with Crippen molar-refractivity contribution >= 4 is 22.5 Å². The van der Waals surface area contributed by atoms with Crippen LogP contribution in [0.5, 0.6) is 0 Å². The molecule has 18 heavy (non-hydrogen) atoms. The molecule has 0 saturated heterocycles. The Hall–Kier alpha value is -2.41. The van der Waals surface area contributed by atoms with Crippen molar-refractivity contribution in [2.45, 2.75) is 12.8 Å². The minimum Gasteiger partial charge on any atom is -0.324 e. The molecule has 0 bridgehead atoms. The zero-order valence-electron chi connectivity index (χ0n) is 9.68. The first-order valence-electron chi connectivity index (χ1n) is 5.82. The third kappa shape index (κ3) is 1.61. The standard InChI is InChI=1S/C14H11N3O/c15-9-14(6-7-14)13(18)17-12-5-1-4-11-10(12)3-2-8-16-11/h1-5,8H,6-7H2,(H,17,18). The minimum atomic E-state index is -0.801. The summed E-state index contributed by atoms with van der Waals surface area (Å²) in [4.78, 5) is 16.2. The van der Waals surface area contributed by atoms with Crippen LogP contribution in [0.3, 0.4) is 0 Å². The van der Waals surface area contributed by atoms with E-state index in [1.165, 1.54) is 0 Å². The lowest BCUT2D eigenvalue weighted by atomic mass is 10.1. The highest BCUT2D eigenvalue weighted by atomic mass is 16.2. The predicted octanol–water partition coefficient (Wildman–Crippen LogP) is 2.48. The molecule has 4 heteroatoms. The SMILES string of the molecule is N#CC1(C(=O)Nc2cccc3ncccc23)CC1. The number of rotatable bonds is 2. The van der Waals surface area contributed by atoms with Crippen LogP contribution in [-0.2, 0) is 4.79 Å². The molecular weight excluding hydrogens is 226 g/mol. The Kier molecular flexibility index (Phi) is 2.27. The number of nitrogens with zero attached hydrogens (tertiary/aromatic N) is 2. The van der Waals surface area contributed by atoms with Gasteiger partial charge in [-0.1, -0.05) is 6.07 Å². The van der Waals surface area contributed by atoms with E-state index in [0.717, 1.165) is 10.9 Å². The monoisotopic (exact) mass is 237 g/mol. The Morgan fingerprint density at radius 3 is 2.89 bits per heavy atom. The quantitative estimate of drug-likeness (QED) is 0.872. The minimum absolute atomic E-state index is 0.207. The summed E-state index contributed by atoms with van der Waals surface area (Å²) in [5, 5.41) is 12.7. The molecule has 0 unspecified atom stereocenters. The zero-order chi connectivity index (χ0) is 12.6. The predicted molar refractivity (Wildman–Crippen MR) is 67.7 cm³/mol. The van der Waals surface area contributed by atoms with Crippen molar-refractivity contribution < 1.29 is 4.79 Å². The summed E-state index contributed by atoms with van der Waals surface area (Å²) < 4.78 is 0. The molecular formula is C14H11N3O. The number of anilines is 1. The van der Waals surface area contributed by atoms with Crippen LogP contribution in [0.4, 0.5) is 5.69 Å². The van der Waals surface area contributed by atoms with Gasteiger partial charge in [-0.05, 0) is 37.1 Å². The van der Waals surface area contributed by atoms with Crippen molar-refractivity contribution in [3.8, 4) is 6.07 Å². The number of pyridine rings is 1. The lowest BCUT2D eigenvalue weighted by molar-refractivity contribution is -0.119. The van der Waals surface area contributed by atoms with Crippen LogP contribution in [-0.4, -0.2) is 10.9 Å². The van der Waals surface area contributed by atoms with Crippen molar-refractivity contribution in [3.63, 3.8) is 0 Å². The van der Waals surface area contributed by atoms with E-state index >= 15 is 0 Å². The zero-order valence-corrected chi connectivity index (χ0v) is 9.68. The Balaban J connectivity index is 1.96. The second kappa shape index (κ2) is 3.81. The number of nitriles is 1. The fourth-order valence-corrected chi connectivity index (χ4v) is 1.97. The smallest absolute Gasteiger partial charge is 0.244 e. The van der Waals surface area contributed by atoms with Gasteiger partial charge in [-0.2, -0.15) is 5.26 Å². The molecule has 1 aliphatic carbocycles. The van der Waals surface area contributed by atoms with Gasteiger partial charge in [0.2, 0.25) is 5.91 Å². The lowest BCUT2D eigenvalue weighted by Crippen LogP contribution is -2.22. The van der Waals surface area contributed by atoms with E-state index in [0.29, 0.717) is 18.5 Å². The molecule has 0 aliphatic heterocycles. The van der Waals surface area contributed by atoms with E-state index in [1.807, 2.05) is 30.3 Å². The van der Waals surface area contributed by atoms with Crippen LogP contribution in [0.1, 0.15) is 12.8 Å². The molecule has 1 heterocycles. The highest BCUT2D eigenvalue weighted by molar-refractivity contribution is 6.05. The maximum absolute atomic E-state index is 12.0. The Morgan fingerprint density at radius 1 is 1.33 bits per heavy atom. The van der Waals surface area contributed by atoms with Gasteiger partial charge in [-0.15, -0.1) is 0 Å². The summed E-state index contributed by atoms with van der Waals surface area (Å²) in [5.74, 6) is -0.207. The summed E-state index contributed by atoms with van der Waals surface area (Å²) in [6.45, 7) is 0. The fraction of sp³-hybridized carbons (Fsp3) is 0.214. The number of benzene rings is 1. The van der Waals surface area contributed by atoms with E-state index in [4.69, 9.17) is 5.26 Å². The van der Waals surface area contributed by atoms with Gasteiger partial charge in [-0.25, -0.2) is 0 Å². The first-order chi connectivity index (χ1) is 8.75. The number of hydrogen-bond acceptors (Lipinski definition) is 3. The van der Waals surface area contributed by atoms with E-state index in [-0.39, 0.29) is 5.91 Å². The second-order valence-corrected chi connectivity index (χ2v) is 4.52. The summed E-state index contributed by atoms with van der Waals surface area (Å²) in [5.41, 5.74) is 0.744. The lowest BCUT2D eigenvalue weighted by Gasteiger charge is -2.10. The third-order valence-corrected chi connectivity index (χ3v) is 3.29. The normalized spacial score (nSPS) is 15.9. The van der Waals surface area contributed by atoms with Crippen LogP contribution in [0.25, 0.3) is 10.9 Å². The van der Waals surface area contributed by atoms with Gasteiger partial charge in [0.15, 0.2) is 0 Å². The number of aromatic nitrogens is 1. The van der Waals surface area contributed by atoms with Crippen molar-refractivity contribution in [2.24, 2.45) is 5.41 Å². The van der Waals surface area contributed by atoms with Gasteiger partial charge in [0.1, 0.15) is 5.41 Å². The Morgan fingerprint density at radius 2 is 2.17 bits per heavy atom. The molecule has 1 saturated carbocycles. The molecule has 1 aliphatic rings. The van der Waals surface area contributed by atoms with Crippen LogP contribution in [0.15, 0.2) is 36.5 Å². The fourth-order valence-electron chi connectivity index (χ4n) is 1.97. The molecule has 4 nitrogen and oxygen atoms in total. The van der Waals surface area contributed by atoms with Gasteiger partial charge in [0, 0.05) is 11.6 Å². The molecule has 0 radical (unpaired) electrons. The first kappa shape index (κ1) is 10.7. The van der Waals surface area contributed by atoms with Crippen LogP contribution >= 0.6 is 0 Å². The molecule has 2 aromatic rings. The highest BCUT2D eigenvalue weighted by Crippen LogP contribution is 2.45. The Labute approximate surface area is 104 Å². The van der Waals surface area contributed by atoms with Crippen molar-refractivity contribution in [3.05, 3.63) is 36.5 Å². The molecule has 1 aromatic heterocycles. The topological polar surface area (TPSA) is 65.8 Å². The number of nitrogens with one attached hydrogen (secondary N) is 1. The maximum Gasteiger partial charge on any atom is 0.244 e. The molecule has 1 amide bonds. The van der Waals surface area contributed by atoms with Gasteiger partial charge in [0.05, 0.1) is 17.3 Å². The van der Waals surface area contributed by atoms with E-state index in [9.17, 15) is 4.79 Å². The molecule has 1 N–H and O–H groups in total.